The molecule has 0 spiro atoms. The highest BCUT2D eigenvalue weighted by Gasteiger charge is 2.25. The number of benzene rings is 2. The fraction of sp³-hybridized carbons (Fsp3) is 0.200. The number of hydrogen-bond acceptors (Lipinski definition) is 4. The standard InChI is InChI=1S/C20H16F2N2OS2/c1-12-23-17(10-26-12)13-2-4-18-14(8-13)6-7-24(18)20(25)11-27-19-5-3-15(21)9-16(19)22/h2-5,8-10H,6-7,11H2,1H3. The van der Waals surface area contributed by atoms with Crippen molar-refractivity contribution in [3.63, 3.8) is 0 Å². The molecule has 2 aromatic carbocycles. The molecule has 0 N–H and O–H groups in total. The van der Waals surface area contributed by atoms with E-state index in [1.165, 1.54) is 12.1 Å². The third-order valence-corrected chi connectivity index (χ3v) is 6.24. The number of rotatable bonds is 4. The maximum atomic E-state index is 13.7. The van der Waals surface area contributed by atoms with E-state index in [0.717, 1.165) is 51.8 Å². The number of anilines is 1. The molecule has 138 valence electrons. The lowest BCUT2D eigenvalue weighted by Gasteiger charge is -2.17. The van der Waals surface area contributed by atoms with Gasteiger partial charge in [0.25, 0.3) is 0 Å². The highest BCUT2D eigenvalue weighted by Crippen LogP contribution is 2.33. The van der Waals surface area contributed by atoms with Crippen LogP contribution in [0.5, 0.6) is 0 Å². The Balaban J connectivity index is 1.47. The van der Waals surface area contributed by atoms with Gasteiger partial charge in [-0.2, -0.15) is 0 Å². The lowest BCUT2D eigenvalue weighted by molar-refractivity contribution is -0.116. The molecule has 0 unspecified atom stereocenters. The number of carbonyl (C=O) groups is 1. The number of nitrogens with zero attached hydrogens (tertiary/aromatic N) is 2. The summed E-state index contributed by atoms with van der Waals surface area (Å²) in [6.07, 6.45) is 0.785. The maximum Gasteiger partial charge on any atom is 0.237 e. The first-order chi connectivity index (χ1) is 13.0. The van der Waals surface area contributed by atoms with Crippen molar-refractivity contribution < 1.29 is 13.6 Å². The molecular formula is C20H16F2N2OS2. The molecule has 7 heteroatoms. The number of aryl methyl sites for hydroxylation is 1. The van der Waals surface area contributed by atoms with E-state index in [-0.39, 0.29) is 16.6 Å². The Labute approximate surface area is 164 Å². The quantitative estimate of drug-likeness (QED) is 0.571. The molecule has 0 fully saturated rings. The Morgan fingerprint density at radius 3 is 2.85 bits per heavy atom. The van der Waals surface area contributed by atoms with Crippen molar-refractivity contribution in [1.82, 2.24) is 4.98 Å². The van der Waals surface area contributed by atoms with Crippen LogP contribution in [0.15, 0.2) is 46.7 Å². The van der Waals surface area contributed by atoms with E-state index in [1.54, 1.807) is 16.2 Å². The van der Waals surface area contributed by atoms with Gasteiger partial charge < -0.3 is 4.90 Å². The number of hydrogen-bond donors (Lipinski definition) is 0. The maximum absolute atomic E-state index is 13.7. The smallest absolute Gasteiger partial charge is 0.237 e. The van der Waals surface area contributed by atoms with Gasteiger partial charge in [0.05, 0.1) is 16.5 Å². The van der Waals surface area contributed by atoms with Crippen LogP contribution in [0, 0.1) is 18.6 Å². The lowest BCUT2D eigenvalue weighted by Crippen LogP contribution is -2.30. The zero-order valence-electron chi connectivity index (χ0n) is 14.5. The summed E-state index contributed by atoms with van der Waals surface area (Å²) in [5, 5.41) is 3.05. The van der Waals surface area contributed by atoms with Gasteiger partial charge in [0.2, 0.25) is 5.91 Å². The van der Waals surface area contributed by atoms with Crippen molar-refractivity contribution in [1.29, 1.82) is 0 Å². The summed E-state index contributed by atoms with van der Waals surface area (Å²) in [6.45, 7) is 2.59. The topological polar surface area (TPSA) is 33.2 Å². The average molecular weight is 402 g/mol. The van der Waals surface area contributed by atoms with E-state index in [2.05, 4.69) is 11.1 Å². The van der Waals surface area contributed by atoms with Crippen LogP contribution in [-0.4, -0.2) is 23.2 Å². The molecule has 0 saturated heterocycles. The van der Waals surface area contributed by atoms with Crippen molar-refractivity contribution in [2.75, 3.05) is 17.2 Å². The predicted octanol–water partition coefficient (Wildman–Crippen LogP) is 5.08. The highest BCUT2D eigenvalue weighted by molar-refractivity contribution is 8.00. The first-order valence-corrected chi connectivity index (χ1v) is 10.3. The molecule has 4 rings (SSSR count). The summed E-state index contributed by atoms with van der Waals surface area (Å²) in [6, 6.07) is 9.41. The van der Waals surface area contributed by atoms with E-state index < -0.39 is 11.6 Å². The third kappa shape index (κ3) is 3.75. The number of thioether (sulfide) groups is 1. The zero-order valence-corrected chi connectivity index (χ0v) is 16.2. The Kier molecular flexibility index (Phi) is 4.97. The molecular weight excluding hydrogens is 386 g/mol. The molecule has 0 atom stereocenters. The normalized spacial score (nSPS) is 13.1. The van der Waals surface area contributed by atoms with Gasteiger partial charge in [0.15, 0.2) is 0 Å². The molecule has 3 aromatic rings. The van der Waals surface area contributed by atoms with Crippen molar-refractivity contribution in [2.24, 2.45) is 0 Å². The first-order valence-electron chi connectivity index (χ1n) is 8.45. The number of amides is 1. The van der Waals surface area contributed by atoms with E-state index in [1.807, 2.05) is 24.4 Å². The summed E-state index contributed by atoms with van der Waals surface area (Å²) in [5.74, 6) is -1.24. The SMILES string of the molecule is Cc1nc(-c2ccc3c(c2)CCN3C(=O)CSc2ccc(F)cc2F)cs1. The molecule has 0 bridgehead atoms. The number of halogens is 2. The zero-order chi connectivity index (χ0) is 19.0. The van der Waals surface area contributed by atoms with Crippen LogP contribution in [0.2, 0.25) is 0 Å². The summed E-state index contributed by atoms with van der Waals surface area (Å²) >= 11 is 2.70. The van der Waals surface area contributed by atoms with Crippen LogP contribution in [0.1, 0.15) is 10.6 Å². The lowest BCUT2D eigenvalue weighted by atomic mass is 10.1. The largest absolute Gasteiger partial charge is 0.311 e. The molecule has 0 saturated carbocycles. The molecule has 2 heterocycles. The van der Waals surface area contributed by atoms with Gasteiger partial charge in [-0.05, 0) is 43.2 Å². The Bertz CT molecular complexity index is 1020. The second-order valence-corrected chi connectivity index (χ2v) is 8.33. The van der Waals surface area contributed by atoms with Crippen molar-refractivity contribution >= 4 is 34.7 Å². The van der Waals surface area contributed by atoms with Gasteiger partial charge in [-0.15, -0.1) is 23.1 Å². The minimum atomic E-state index is -0.641. The molecule has 1 aliphatic rings. The second-order valence-electron chi connectivity index (χ2n) is 6.25. The van der Waals surface area contributed by atoms with E-state index >= 15 is 0 Å². The van der Waals surface area contributed by atoms with Crippen LogP contribution in [-0.2, 0) is 11.2 Å². The van der Waals surface area contributed by atoms with Gasteiger partial charge in [-0.3, -0.25) is 4.79 Å². The number of thiazole rings is 1. The average Bonchev–Trinajstić information content (AvgIpc) is 3.26. The first kappa shape index (κ1) is 18.1. The minimum Gasteiger partial charge on any atom is -0.311 e. The van der Waals surface area contributed by atoms with Gasteiger partial charge in [0, 0.05) is 34.1 Å². The highest BCUT2D eigenvalue weighted by atomic mass is 32.2. The van der Waals surface area contributed by atoms with Gasteiger partial charge >= 0.3 is 0 Å². The molecule has 27 heavy (non-hydrogen) atoms. The summed E-state index contributed by atoms with van der Waals surface area (Å²) in [7, 11) is 0. The van der Waals surface area contributed by atoms with Gasteiger partial charge in [-0.25, -0.2) is 13.8 Å². The second kappa shape index (κ2) is 7.40. The fourth-order valence-corrected chi connectivity index (χ4v) is 4.54. The van der Waals surface area contributed by atoms with Crippen LogP contribution in [0.4, 0.5) is 14.5 Å². The van der Waals surface area contributed by atoms with Crippen molar-refractivity contribution in [2.45, 2.75) is 18.2 Å². The van der Waals surface area contributed by atoms with Crippen LogP contribution < -0.4 is 4.90 Å². The van der Waals surface area contributed by atoms with Crippen LogP contribution >= 0.6 is 23.1 Å². The molecule has 1 amide bonds. The fourth-order valence-electron chi connectivity index (χ4n) is 3.13. The van der Waals surface area contributed by atoms with E-state index in [9.17, 15) is 13.6 Å². The summed E-state index contributed by atoms with van der Waals surface area (Å²) in [4.78, 5) is 19.1. The van der Waals surface area contributed by atoms with Crippen LogP contribution in [0.25, 0.3) is 11.3 Å². The Hall–Kier alpha value is -2.25. The molecule has 1 aliphatic heterocycles. The minimum absolute atomic E-state index is 0.0836. The number of carbonyl (C=O) groups excluding carboxylic acids is 1. The third-order valence-electron chi connectivity index (χ3n) is 4.44. The number of aromatic nitrogens is 1. The Morgan fingerprint density at radius 1 is 1.26 bits per heavy atom. The summed E-state index contributed by atoms with van der Waals surface area (Å²) in [5.41, 5.74) is 4.02. The summed E-state index contributed by atoms with van der Waals surface area (Å²) < 4.78 is 26.7. The van der Waals surface area contributed by atoms with Gasteiger partial charge in [-0.1, -0.05) is 6.07 Å². The van der Waals surface area contributed by atoms with Crippen LogP contribution in [0.3, 0.4) is 0 Å². The molecule has 0 aliphatic carbocycles. The Morgan fingerprint density at radius 2 is 2.11 bits per heavy atom. The van der Waals surface area contributed by atoms with Crippen molar-refractivity contribution in [3.8, 4) is 11.3 Å². The number of fused-ring (bicyclic) bond motifs is 1. The van der Waals surface area contributed by atoms with E-state index in [4.69, 9.17) is 0 Å². The van der Waals surface area contributed by atoms with Crippen molar-refractivity contribution in [3.05, 3.63) is 64.0 Å². The molecule has 0 radical (unpaired) electrons. The molecule has 1 aromatic heterocycles. The predicted molar refractivity (Wildman–Crippen MR) is 105 cm³/mol. The van der Waals surface area contributed by atoms with E-state index in [0.29, 0.717) is 6.54 Å². The molecule has 3 nitrogen and oxygen atoms in total. The van der Waals surface area contributed by atoms with Gasteiger partial charge in [0.1, 0.15) is 11.6 Å². The monoisotopic (exact) mass is 402 g/mol.